The van der Waals surface area contributed by atoms with Crippen LogP contribution in [0, 0.1) is 5.92 Å². The zero-order valence-corrected chi connectivity index (χ0v) is 14.5. The van der Waals surface area contributed by atoms with Crippen LogP contribution in [0.2, 0.25) is 0 Å². The van der Waals surface area contributed by atoms with Crippen LogP contribution in [-0.2, 0) is 14.6 Å². The number of carbonyl (C=O) groups is 1. The average molecular weight is 327 g/mol. The zero-order chi connectivity index (χ0) is 15.7. The largest absolute Gasteiger partial charge is 0.337 e. The quantitative estimate of drug-likeness (QED) is 0.798. The Kier molecular flexibility index (Phi) is 4.81. The van der Waals surface area contributed by atoms with Crippen LogP contribution in [0.25, 0.3) is 0 Å². The molecule has 22 heavy (non-hydrogen) atoms. The van der Waals surface area contributed by atoms with Crippen LogP contribution in [0.5, 0.6) is 0 Å². The SMILES string of the molecule is CS(=O)(=O)C1CC2CCC(C1)N2C(=O)CCC1CCCCC1. The lowest BCUT2D eigenvalue weighted by Gasteiger charge is -2.38. The Balaban J connectivity index is 1.55. The van der Waals surface area contributed by atoms with Crippen molar-refractivity contribution in [3.63, 3.8) is 0 Å². The second kappa shape index (κ2) is 6.50. The van der Waals surface area contributed by atoms with Crippen molar-refractivity contribution in [2.24, 2.45) is 5.92 Å². The molecule has 2 atom stereocenters. The summed E-state index contributed by atoms with van der Waals surface area (Å²) in [5.41, 5.74) is 0. The number of fused-ring (bicyclic) bond motifs is 2. The van der Waals surface area contributed by atoms with Gasteiger partial charge in [-0.1, -0.05) is 32.1 Å². The molecule has 0 aromatic carbocycles. The van der Waals surface area contributed by atoms with E-state index in [2.05, 4.69) is 4.90 Å². The van der Waals surface area contributed by atoms with Crippen LogP contribution in [0.3, 0.4) is 0 Å². The molecule has 2 unspecified atom stereocenters. The highest BCUT2D eigenvalue weighted by Gasteiger charge is 2.45. The van der Waals surface area contributed by atoms with Crippen molar-refractivity contribution in [2.75, 3.05) is 6.26 Å². The van der Waals surface area contributed by atoms with E-state index >= 15 is 0 Å². The molecular weight excluding hydrogens is 298 g/mol. The number of amides is 1. The smallest absolute Gasteiger partial charge is 0.223 e. The zero-order valence-electron chi connectivity index (χ0n) is 13.7. The van der Waals surface area contributed by atoms with Gasteiger partial charge in [-0.05, 0) is 38.0 Å². The molecule has 4 nitrogen and oxygen atoms in total. The van der Waals surface area contributed by atoms with E-state index < -0.39 is 9.84 Å². The maximum absolute atomic E-state index is 12.6. The van der Waals surface area contributed by atoms with E-state index in [0.29, 0.717) is 19.3 Å². The van der Waals surface area contributed by atoms with Crippen LogP contribution >= 0.6 is 0 Å². The summed E-state index contributed by atoms with van der Waals surface area (Å²) >= 11 is 0. The van der Waals surface area contributed by atoms with E-state index in [9.17, 15) is 13.2 Å². The van der Waals surface area contributed by atoms with E-state index in [1.54, 1.807) is 0 Å². The van der Waals surface area contributed by atoms with Gasteiger partial charge >= 0.3 is 0 Å². The molecule has 0 radical (unpaired) electrons. The molecule has 2 heterocycles. The third kappa shape index (κ3) is 3.50. The third-order valence-electron chi connectivity index (χ3n) is 6.07. The van der Waals surface area contributed by atoms with Gasteiger partial charge < -0.3 is 4.90 Å². The molecule has 2 aliphatic heterocycles. The second-order valence-corrected chi connectivity index (χ2v) is 9.98. The van der Waals surface area contributed by atoms with Gasteiger partial charge in [-0.3, -0.25) is 4.79 Å². The van der Waals surface area contributed by atoms with Crippen molar-refractivity contribution in [3.8, 4) is 0 Å². The summed E-state index contributed by atoms with van der Waals surface area (Å²) < 4.78 is 23.6. The van der Waals surface area contributed by atoms with Crippen LogP contribution in [0.1, 0.15) is 70.6 Å². The first-order valence-electron chi connectivity index (χ1n) is 8.95. The van der Waals surface area contributed by atoms with Gasteiger partial charge in [-0.15, -0.1) is 0 Å². The number of sulfone groups is 1. The standard InChI is InChI=1S/C17H29NO3S/c1-22(20,21)16-11-14-8-9-15(12-16)18(14)17(19)10-7-13-5-3-2-4-6-13/h13-16H,2-12H2,1H3. The van der Waals surface area contributed by atoms with Crippen molar-refractivity contribution in [3.05, 3.63) is 0 Å². The van der Waals surface area contributed by atoms with Crippen LogP contribution < -0.4 is 0 Å². The molecule has 0 N–H and O–H groups in total. The first-order valence-corrected chi connectivity index (χ1v) is 10.9. The van der Waals surface area contributed by atoms with E-state index in [1.807, 2.05) is 0 Å². The summed E-state index contributed by atoms with van der Waals surface area (Å²) in [4.78, 5) is 14.7. The van der Waals surface area contributed by atoms with Crippen LogP contribution in [0.15, 0.2) is 0 Å². The van der Waals surface area contributed by atoms with Crippen molar-refractivity contribution in [1.82, 2.24) is 4.90 Å². The van der Waals surface area contributed by atoms with Gasteiger partial charge in [-0.2, -0.15) is 0 Å². The number of hydrogen-bond acceptors (Lipinski definition) is 3. The fraction of sp³-hybridized carbons (Fsp3) is 0.941. The van der Waals surface area contributed by atoms with Crippen molar-refractivity contribution < 1.29 is 13.2 Å². The Morgan fingerprint density at radius 3 is 2.14 bits per heavy atom. The predicted molar refractivity (Wildman–Crippen MR) is 87.3 cm³/mol. The number of hydrogen-bond donors (Lipinski definition) is 0. The average Bonchev–Trinajstić information content (AvgIpc) is 2.74. The summed E-state index contributed by atoms with van der Waals surface area (Å²) in [5, 5.41) is -0.229. The molecular formula is C17H29NO3S. The van der Waals surface area contributed by atoms with Gasteiger partial charge in [0.2, 0.25) is 5.91 Å². The van der Waals surface area contributed by atoms with E-state index in [4.69, 9.17) is 0 Å². The molecule has 2 bridgehead atoms. The summed E-state index contributed by atoms with van der Waals surface area (Å²) in [6.07, 6.45) is 12.9. The highest BCUT2D eigenvalue weighted by atomic mass is 32.2. The lowest BCUT2D eigenvalue weighted by Crippen LogP contribution is -2.49. The number of carbonyl (C=O) groups excluding carboxylic acids is 1. The van der Waals surface area contributed by atoms with Gasteiger partial charge in [0.05, 0.1) is 5.25 Å². The van der Waals surface area contributed by atoms with Crippen molar-refractivity contribution in [1.29, 1.82) is 0 Å². The second-order valence-electron chi connectivity index (χ2n) is 7.65. The van der Waals surface area contributed by atoms with Crippen LogP contribution in [-0.4, -0.2) is 42.8 Å². The third-order valence-corrected chi connectivity index (χ3v) is 7.67. The van der Waals surface area contributed by atoms with Crippen molar-refractivity contribution >= 4 is 15.7 Å². The Bertz CT molecular complexity index is 496. The summed E-state index contributed by atoms with van der Waals surface area (Å²) in [7, 11) is -2.97. The first-order chi connectivity index (χ1) is 10.4. The lowest BCUT2D eigenvalue weighted by molar-refractivity contribution is -0.135. The van der Waals surface area contributed by atoms with Gasteiger partial charge in [0.25, 0.3) is 0 Å². The van der Waals surface area contributed by atoms with E-state index in [1.165, 1.54) is 38.4 Å². The normalized spacial score (nSPS) is 33.1. The molecule has 2 saturated heterocycles. The first kappa shape index (κ1) is 16.3. The highest BCUT2D eigenvalue weighted by Crippen LogP contribution is 2.39. The topological polar surface area (TPSA) is 54.5 Å². The minimum absolute atomic E-state index is 0.178. The maximum atomic E-state index is 12.6. The van der Waals surface area contributed by atoms with Crippen molar-refractivity contribution in [2.45, 2.75) is 88.0 Å². The molecule has 126 valence electrons. The Labute approximate surface area is 134 Å². The number of nitrogens with zero attached hydrogens (tertiary/aromatic N) is 1. The maximum Gasteiger partial charge on any atom is 0.223 e. The minimum atomic E-state index is -2.97. The van der Waals surface area contributed by atoms with E-state index in [-0.39, 0.29) is 23.2 Å². The fourth-order valence-electron chi connectivity index (χ4n) is 4.82. The number of piperidine rings is 1. The van der Waals surface area contributed by atoms with E-state index in [0.717, 1.165) is 25.2 Å². The molecule has 0 aromatic heterocycles. The lowest BCUT2D eigenvalue weighted by atomic mass is 9.86. The summed E-state index contributed by atoms with van der Waals surface area (Å²) in [6, 6.07) is 0.356. The molecule has 0 aromatic rings. The molecule has 3 fully saturated rings. The molecule has 1 saturated carbocycles. The number of rotatable bonds is 4. The Morgan fingerprint density at radius 2 is 1.59 bits per heavy atom. The molecule has 0 spiro atoms. The molecule has 1 amide bonds. The Hall–Kier alpha value is -0.580. The molecule has 1 aliphatic carbocycles. The Morgan fingerprint density at radius 1 is 1.00 bits per heavy atom. The predicted octanol–water partition coefficient (Wildman–Crippen LogP) is 2.91. The molecule has 3 rings (SSSR count). The summed E-state index contributed by atoms with van der Waals surface area (Å²) in [6.45, 7) is 0. The minimum Gasteiger partial charge on any atom is -0.337 e. The molecule has 5 heteroatoms. The van der Waals surface area contributed by atoms with Gasteiger partial charge in [0.15, 0.2) is 0 Å². The monoisotopic (exact) mass is 327 g/mol. The van der Waals surface area contributed by atoms with Gasteiger partial charge in [0, 0.05) is 24.8 Å². The van der Waals surface area contributed by atoms with Gasteiger partial charge in [0.1, 0.15) is 9.84 Å². The molecule has 3 aliphatic rings. The van der Waals surface area contributed by atoms with Gasteiger partial charge in [-0.25, -0.2) is 8.42 Å². The highest BCUT2D eigenvalue weighted by molar-refractivity contribution is 7.91. The fourth-order valence-corrected chi connectivity index (χ4v) is 5.96. The van der Waals surface area contributed by atoms with Crippen LogP contribution in [0.4, 0.5) is 0 Å². The summed E-state index contributed by atoms with van der Waals surface area (Å²) in [5.74, 6) is 1.02.